The number of ether oxygens (including phenoxy) is 3. The molecule has 0 spiro atoms. The van der Waals surface area contributed by atoms with Crippen molar-refractivity contribution in [3.8, 4) is 28.5 Å². The zero-order valence-corrected chi connectivity index (χ0v) is 22.9. The Balaban J connectivity index is 1.31. The van der Waals surface area contributed by atoms with E-state index in [1.54, 1.807) is 32.2 Å². The number of benzene rings is 3. The first-order valence-corrected chi connectivity index (χ1v) is 13.3. The summed E-state index contributed by atoms with van der Waals surface area (Å²) in [7, 11) is 1.61. The van der Waals surface area contributed by atoms with E-state index in [2.05, 4.69) is 4.98 Å². The molecule has 0 aliphatic carbocycles. The van der Waals surface area contributed by atoms with Gasteiger partial charge in [0.1, 0.15) is 23.9 Å². The third-order valence-corrected chi connectivity index (χ3v) is 6.66. The lowest BCUT2D eigenvalue weighted by atomic mass is 10.1. The molecule has 0 aliphatic heterocycles. The van der Waals surface area contributed by atoms with Crippen molar-refractivity contribution in [3.63, 3.8) is 0 Å². The second kappa shape index (κ2) is 12.4. The van der Waals surface area contributed by atoms with Crippen molar-refractivity contribution >= 4 is 22.7 Å². The highest BCUT2D eigenvalue weighted by Crippen LogP contribution is 2.26. The van der Waals surface area contributed by atoms with Crippen LogP contribution in [0.15, 0.2) is 85.1 Å². The highest BCUT2D eigenvalue weighted by molar-refractivity contribution is 6.08. The van der Waals surface area contributed by atoms with Gasteiger partial charge in [-0.05, 0) is 49.7 Å². The van der Waals surface area contributed by atoms with Crippen molar-refractivity contribution in [2.75, 3.05) is 20.3 Å². The van der Waals surface area contributed by atoms with Crippen LogP contribution in [0.3, 0.4) is 0 Å². The number of nitrogens with one attached hydrogen (secondary N) is 1. The summed E-state index contributed by atoms with van der Waals surface area (Å²) in [5.41, 5.74) is 2.88. The number of para-hydroxylation sites is 1. The number of hydrogen-bond acceptors (Lipinski definition) is 6. The van der Waals surface area contributed by atoms with E-state index in [4.69, 9.17) is 24.3 Å². The first-order valence-electron chi connectivity index (χ1n) is 13.3. The van der Waals surface area contributed by atoms with Gasteiger partial charge in [0.05, 0.1) is 31.0 Å². The Hall–Kier alpha value is -5.05. The van der Waals surface area contributed by atoms with Crippen LogP contribution in [0.1, 0.15) is 29.7 Å². The number of aliphatic carboxylic acids is 1. The number of H-pyrrole nitrogens is 1. The van der Waals surface area contributed by atoms with Gasteiger partial charge in [-0.3, -0.25) is 9.59 Å². The smallest absolute Gasteiger partial charge is 0.309 e. The molecule has 9 heteroatoms. The van der Waals surface area contributed by atoms with Crippen LogP contribution in [-0.2, 0) is 11.3 Å². The molecule has 2 N–H and O–H groups in total. The number of aromatic nitrogens is 3. The summed E-state index contributed by atoms with van der Waals surface area (Å²) in [6.07, 6.45) is 2.49. The van der Waals surface area contributed by atoms with Gasteiger partial charge in [0, 0.05) is 35.3 Å². The average molecular weight is 554 g/mol. The number of carboxylic acid groups (broad SMARTS) is 1. The molecule has 0 saturated carbocycles. The predicted molar refractivity (Wildman–Crippen MR) is 155 cm³/mol. The summed E-state index contributed by atoms with van der Waals surface area (Å²) in [5.74, 6) is 0.472. The van der Waals surface area contributed by atoms with Gasteiger partial charge in [0.2, 0.25) is 5.78 Å². The first kappa shape index (κ1) is 27.5. The molecule has 3 aromatic carbocycles. The standard InChI is InChI=1S/C32H31N3O6/c1-21(32(37)38)20-41-26-12-6-11-25(18-26)40-15-7-14-35-19-29(22-9-5-10-24(16-22)39-2)34-31(35)30(36)28-17-23-8-3-4-13-27(23)33-28/h3-6,8-13,16-19,21,33H,7,14-15,20H2,1-2H3,(H,37,38). The molecule has 5 rings (SSSR count). The van der Waals surface area contributed by atoms with E-state index in [0.717, 1.165) is 16.5 Å². The Morgan fingerprint density at radius 2 is 1.71 bits per heavy atom. The Morgan fingerprint density at radius 3 is 2.49 bits per heavy atom. The van der Waals surface area contributed by atoms with Crippen LogP contribution in [0.25, 0.3) is 22.2 Å². The Morgan fingerprint density at radius 1 is 0.951 bits per heavy atom. The summed E-state index contributed by atoms with van der Waals surface area (Å²) < 4.78 is 18.8. The molecule has 1 unspecified atom stereocenters. The lowest BCUT2D eigenvalue weighted by Gasteiger charge is -2.12. The monoisotopic (exact) mass is 553 g/mol. The molecule has 0 fully saturated rings. The Bertz CT molecular complexity index is 1640. The van der Waals surface area contributed by atoms with Gasteiger partial charge in [-0.1, -0.05) is 36.4 Å². The Kier molecular flexibility index (Phi) is 8.34. The highest BCUT2D eigenvalue weighted by atomic mass is 16.5. The fourth-order valence-corrected chi connectivity index (χ4v) is 4.38. The van der Waals surface area contributed by atoms with E-state index in [9.17, 15) is 9.59 Å². The molecule has 2 aromatic heterocycles. The molecule has 0 amide bonds. The van der Waals surface area contributed by atoms with E-state index >= 15 is 0 Å². The van der Waals surface area contributed by atoms with Gasteiger partial charge in [-0.25, -0.2) is 4.98 Å². The van der Waals surface area contributed by atoms with E-state index in [0.29, 0.717) is 54.0 Å². The maximum Gasteiger partial charge on any atom is 0.309 e. The minimum Gasteiger partial charge on any atom is -0.497 e. The topological polar surface area (TPSA) is 116 Å². The summed E-state index contributed by atoms with van der Waals surface area (Å²) >= 11 is 0. The molecular weight excluding hydrogens is 522 g/mol. The second-order valence-corrected chi connectivity index (χ2v) is 9.70. The van der Waals surface area contributed by atoms with Gasteiger partial charge in [0.25, 0.3) is 0 Å². The molecule has 9 nitrogen and oxygen atoms in total. The van der Waals surface area contributed by atoms with Crippen LogP contribution >= 0.6 is 0 Å². The largest absolute Gasteiger partial charge is 0.497 e. The highest BCUT2D eigenvalue weighted by Gasteiger charge is 2.20. The van der Waals surface area contributed by atoms with Gasteiger partial charge in [0.15, 0.2) is 5.82 Å². The summed E-state index contributed by atoms with van der Waals surface area (Å²) in [6, 6.07) is 24.3. The third kappa shape index (κ3) is 6.58. The fourth-order valence-electron chi connectivity index (χ4n) is 4.38. The quantitative estimate of drug-likeness (QED) is 0.139. The van der Waals surface area contributed by atoms with Crippen LogP contribution in [0.4, 0.5) is 0 Å². The number of methoxy groups -OCH3 is 1. The average Bonchev–Trinajstić information content (AvgIpc) is 3.63. The molecular formula is C32H31N3O6. The van der Waals surface area contributed by atoms with Crippen LogP contribution in [-0.4, -0.2) is 51.7 Å². The van der Waals surface area contributed by atoms with Crippen molar-refractivity contribution in [3.05, 3.63) is 96.6 Å². The number of hydrogen-bond donors (Lipinski definition) is 2. The molecule has 0 aliphatic rings. The second-order valence-electron chi connectivity index (χ2n) is 9.70. The maximum atomic E-state index is 13.6. The van der Waals surface area contributed by atoms with Crippen LogP contribution in [0.2, 0.25) is 0 Å². The van der Waals surface area contributed by atoms with Crippen LogP contribution < -0.4 is 14.2 Å². The van der Waals surface area contributed by atoms with Crippen molar-refractivity contribution < 1.29 is 28.9 Å². The summed E-state index contributed by atoms with van der Waals surface area (Å²) in [6.45, 7) is 2.56. The van der Waals surface area contributed by atoms with Gasteiger partial charge in [-0.2, -0.15) is 0 Å². The molecule has 2 heterocycles. The fraction of sp³-hybridized carbons (Fsp3) is 0.219. The number of carbonyl (C=O) groups is 2. The molecule has 210 valence electrons. The first-order chi connectivity index (χ1) is 19.9. The van der Waals surface area contributed by atoms with Gasteiger partial charge >= 0.3 is 5.97 Å². The molecule has 0 saturated heterocycles. The molecule has 0 radical (unpaired) electrons. The summed E-state index contributed by atoms with van der Waals surface area (Å²) in [5, 5.41) is 10.0. The van der Waals surface area contributed by atoms with E-state index < -0.39 is 11.9 Å². The molecule has 5 aromatic rings. The van der Waals surface area contributed by atoms with Crippen molar-refractivity contribution in [2.24, 2.45) is 5.92 Å². The van der Waals surface area contributed by atoms with E-state index in [1.807, 2.05) is 71.4 Å². The van der Waals surface area contributed by atoms with Crippen LogP contribution in [0.5, 0.6) is 17.2 Å². The summed E-state index contributed by atoms with van der Waals surface area (Å²) in [4.78, 5) is 32.6. The number of nitrogens with zero attached hydrogens (tertiary/aromatic N) is 2. The minimum absolute atomic E-state index is 0.0716. The molecule has 41 heavy (non-hydrogen) atoms. The molecule has 0 bridgehead atoms. The van der Waals surface area contributed by atoms with Gasteiger partial charge in [-0.15, -0.1) is 0 Å². The number of ketones is 1. The van der Waals surface area contributed by atoms with Gasteiger partial charge < -0.3 is 28.9 Å². The lowest BCUT2D eigenvalue weighted by Crippen LogP contribution is -2.17. The number of aromatic amines is 1. The maximum absolute atomic E-state index is 13.6. The number of aryl methyl sites for hydroxylation is 1. The SMILES string of the molecule is COc1cccc(-c2cn(CCCOc3cccc(OCC(C)C(=O)O)c3)c(C(=O)c3cc4ccccc4[nH]3)n2)c1. The number of fused-ring (bicyclic) bond motifs is 1. The van der Waals surface area contributed by atoms with Crippen LogP contribution in [0, 0.1) is 5.92 Å². The van der Waals surface area contributed by atoms with Crippen molar-refractivity contribution in [1.29, 1.82) is 0 Å². The zero-order chi connectivity index (χ0) is 28.8. The zero-order valence-electron chi connectivity index (χ0n) is 22.9. The van der Waals surface area contributed by atoms with Crippen molar-refractivity contribution in [1.82, 2.24) is 14.5 Å². The minimum atomic E-state index is -0.908. The molecule has 1 atom stereocenters. The predicted octanol–water partition coefficient (Wildman–Crippen LogP) is 5.84. The van der Waals surface area contributed by atoms with E-state index in [1.165, 1.54) is 0 Å². The normalized spacial score (nSPS) is 11.8. The number of carbonyl (C=O) groups excluding carboxylic acids is 1. The Labute approximate surface area is 237 Å². The number of rotatable bonds is 13. The van der Waals surface area contributed by atoms with Crippen molar-refractivity contribution in [2.45, 2.75) is 19.9 Å². The lowest BCUT2D eigenvalue weighted by molar-refractivity contribution is -0.142. The van der Waals surface area contributed by atoms with E-state index in [-0.39, 0.29) is 12.4 Å². The number of imidazole rings is 1. The third-order valence-electron chi connectivity index (χ3n) is 6.66. The number of carboxylic acids is 1.